The van der Waals surface area contributed by atoms with Crippen LogP contribution >= 0.6 is 27.5 Å². The van der Waals surface area contributed by atoms with Crippen molar-refractivity contribution in [1.82, 2.24) is 29.7 Å². The molecule has 8 nitrogen and oxygen atoms in total. The average molecular weight is 600 g/mol. The predicted octanol–water partition coefficient (Wildman–Crippen LogP) is 3.93. The first kappa shape index (κ1) is 26.8. The smallest absolute Gasteiger partial charge is 0.244 e. The van der Waals surface area contributed by atoms with E-state index in [-0.39, 0.29) is 17.9 Å². The maximum atomic E-state index is 13.5. The van der Waals surface area contributed by atoms with Crippen molar-refractivity contribution in [2.24, 2.45) is 0 Å². The number of aryl methyl sites for hydroxylation is 3. The number of carbonyl (C=O) groups excluding carboxylic acids is 2. The number of halogens is 2. The van der Waals surface area contributed by atoms with Gasteiger partial charge < -0.3 is 14.8 Å². The molecule has 3 heterocycles. The summed E-state index contributed by atoms with van der Waals surface area (Å²) in [7, 11) is 0. The molecule has 0 spiro atoms. The molecule has 1 N–H and O–H groups in total. The maximum Gasteiger partial charge on any atom is 0.244 e. The van der Waals surface area contributed by atoms with Gasteiger partial charge >= 0.3 is 0 Å². The standard InChI is InChI=1S/C28H32BrClN6O2/c1-3-25(37)36-11-10-35(16-24(36)28(38)31-8-9-34-15-18(2)33-17-34)27-23-7-6-22(30)13-19(23)4-5-20-12-21(29)14-32-26(20)27/h6-7,12-15,17,24,27H,3-5,8-11,16H2,1-2H3,(H,31,38)/t24-,27?/m1/s1. The Morgan fingerprint density at radius 3 is 2.74 bits per heavy atom. The van der Waals surface area contributed by atoms with Crippen LogP contribution in [0, 0.1) is 6.92 Å². The lowest BCUT2D eigenvalue weighted by Gasteiger charge is -2.44. The highest BCUT2D eigenvalue weighted by molar-refractivity contribution is 9.10. The highest BCUT2D eigenvalue weighted by Gasteiger charge is 2.39. The molecule has 200 valence electrons. The number of aromatic nitrogens is 3. The zero-order valence-corrected chi connectivity index (χ0v) is 24.0. The third-order valence-electron chi connectivity index (χ3n) is 7.42. The van der Waals surface area contributed by atoms with Crippen LogP contribution in [0.15, 0.2) is 47.5 Å². The van der Waals surface area contributed by atoms with E-state index in [1.165, 1.54) is 11.1 Å². The maximum absolute atomic E-state index is 13.5. The number of benzene rings is 1. The van der Waals surface area contributed by atoms with Crippen molar-refractivity contribution in [3.05, 3.63) is 80.6 Å². The highest BCUT2D eigenvalue weighted by atomic mass is 79.9. The minimum atomic E-state index is -0.585. The van der Waals surface area contributed by atoms with E-state index >= 15 is 0 Å². The number of fused-ring (bicyclic) bond motifs is 2. The van der Waals surface area contributed by atoms with Crippen LogP contribution in [-0.4, -0.2) is 68.4 Å². The summed E-state index contributed by atoms with van der Waals surface area (Å²) in [5, 5.41) is 3.77. The van der Waals surface area contributed by atoms with Gasteiger partial charge in [0, 0.05) is 61.0 Å². The van der Waals surface area contributed by atoms with Gasteiger partial charge in [-0.1, -0.05) is 24.6 Å². The molecule has 1 aliphatic heterocycles. The Hall–Kier alpha value is -2.75. The van der Waals surface area contributed by atoms with E-state index in [0.29, 0.717) is 44.2 Å². The van der Waals surface area contributed by atoms with E-state index in [4.69, 9.17) is 16.6 Å². The quantitative estimate of drug-likeness (QED) is 0.464. The number of pyridine rings is 1. The van der Waals surface area contributed by atoms with E-state index in [1.54, 1.807) is 11.2 Å². The van der Waals surface area contributed by atoms with Crippen LogP contribution in [0.3, 0.4) is 0 Å². The van der Waals surface area contributed by atoms with Gasteiger partial charge in [0.1, 0.15) is 6.04 Å². The van der Waals surface area contributed by atoms with Crippen LogP contribution in [0.2, 0.25) is 5.02 Å². The van der Waals surface area contributed by atoms with Crippen molar-refractivity contribution < 1.29 is 9.59 Å². The number of imidazole rings is 1. The third-order valence-corrected chi connectivity index (χ3v) is 8.09. The van der Waals surface area contributed by atoms with Gasteiger partial charge in [-0.25, -0.2) is 4.98 Å². The van der Waals surface area contributed by atoms with Crippen LogP contribution < -0.4 is 5.32 Å². The van der Waals surface area contributed by atoms with E-state index in [9.17, 15) is 9.59 Å². The zero-order valence-electron chi connectivity index (χ0n) is 21.7. The largest absolute Gasteiger partial charge is 0.352 e. The molecule has 2 aromatic heterocycles. The summed E-state index contributed by atoms with van der Waals surface area (Å²) in [4.78, 5) is 39.5. The molecule has 1 fully saturated rings. The summed E-state index contributed by atoms with van der Waals surface area (Å²) in [6.07, 6.45) is 7.63. The van der Waals surface area contributed by atoms with Crippen LogP contribution in [0.5, 0.6) is 0 Å². The van der Waals surface area contributed by atoms with Crippen molar-refractivity contribution in [1.29, 1.82) is 0 Å². The van der Waals surface area contributed by atoms with Crippen LogP contribution in [-0.2, 0) is 29.0 Å². The van der Waals surface area contributed by atoms with Crippen LogP contribution in [0.25, 0.3) is 0 Å². The molecule has 3 aromatic rings. The Morgan fingerprint density at radius 2 is 1.97 bits per heavy atom. The second-order valence-electron chi connectivity index (χ2n) is 9.94. The molecule has 0 bridgehead atoms. The average Bonchev–Trinajstić information content (AvgIpc) is 3.26. The number of nitrogens with zero attached hydrogens (tertiary/aromatic N) is 5. The fourth-order valence-corrected chi connectivity index (χ4v) is 6.14. The summed E-state index contributed by atoms with van der Waals surface area (Å²) < 4.78 is 2.90. The molecule has 2 amide bonds. The molecule has 0 radical (unpaired) electrons. The zero-order chi connectivity index (χ0) is 26.8. The number of hydrogen-bond donors (Lipinski definition) is 1. The Balaban J connectivity index is 1.43. The first-order valence-electron chi connectivity index (χ1n) is 13.1. The molecule has 2 aliphatic rings. The Morgan fingerprint density at radius 1 is 1.16 bits per heavy atom. The molecule has 1 aliphatic carbocycles. The molecule has 0 saturated carbocycles. The van der Waals surface area contributed by atoms with Crippen LogP contribution in [0.4, 0.5) is 0 Å². The van der Waals surface area contributed by atoms with Crippen molar-refractivity contribution >= 4 is 39.3 Å². The van der Waals surface area contributed by atoms with Gasteiger partial charge in [-0.15, -0.1) is 0 Å². The Bertz CT molecular complexity index is 1290. The lowest BCUT2D eigenvalue weighted by molar-refractivity contribution is -0.144. The summed E-state index contributed by atoms with van der Waals surface area (Å²) in [5.41, 5.74) is 5.47. The van der Waals surface area contributed by atoms with Gasteiger partial charge in [0.2, 0.25) is 11.8 Å². The van der Waals surface area contributed by atoms with Crippen molar-refractivity contribution in [2.75, 3.05) is 26.2 Å². The van der Waals surface area contributed by atoms with E-state index in [1.807, 2.05) is 42.9 Å². The van der Waals surface area contributed by atoms with Gasteiger partial charge in [-0.2, -0.15) is 0 Å². The normalized spacial score (nSPS) is 19.4. The third kappa shape index (κ3) is 5.65. The molecular weight excluding hydrogens is 568 g/mol. The number of rotatable bonds is 6. The number of nitrogens with one attached hydrogen (secondary N) is 1. The number of hydrogen-bond acceptors (Lipinski definition) is 5. The first-order valence-corrected chi connectivity index (χ1v) is 14.2. The highest BCUT2D eigenvalue weighted by Crippen LogP contribution is 2.38. The fraction of sp³-hybridized carbons (Fsp3) is 0.429. The van der Waals surface area contributed by atoms with E-state index in [2.05, 4.69) is 43.3 Å². The predicted molar refractivity (Wildman–Crippen MR) is 150 cm³/mol. The van der Waals surface area contributed by atoms with Gasteiger partial charge in [0.15, 0.2) is 0 Å². The second kappa shape index (κ2) is 11.6. The monoisotopic (exact) mass is 598 g/mol. The Kier molecular flexibility index (Phi) is 8.16. The van der Waals surface area contributed by atoms with E-state index < -0.39 is 6.04 Å². The van der Waals surface area contributed by atoms with Crippen molar-refractivity contribution in [3.8, 4) is 0 Å². The minimum Gasteiger partial charge on any atom is -0.352 e. The van der Waals surface area contributed by atoms with Crippen molar-refractivity contribution in [2.45, 2.75) is 51.7 Å². The van der Waals surface area contributed by atoms with Crippen LogP contribution in [0.1, 0.15) is 47.5 Å². The Labute approximate surface area is 236 Å². The van der Waals surface area contributed by atoms with Gasteiger partial charge in [-0.3, -0.25) is 19.5 Å². The first-order chi connectivity index (χ1) is 18.3. The molecule has 5 rings (SSSR count). The SMILES string of the molecule is CCC(=O)N1CCN(C2c3ccc(Cl)cc3CCc3cc(Br)cnc32)C[C@@H]1C(=O)NCCn1cnc(C)c1. The van der Waals surface area contributed by atoms with E-state index in [0.717, 1.165) is 34.3 Å². The lowest BCUT2D eigenvalue weighted by atomic mass is 9.95. The fourth-order valence-electron chi connectivity index (χ4n) is 5.57. The topological polar surface area (TPSA) is 83.4 Å². The molecule has 10 heteroatoms. The second-order valence-corrected chi connectivity index (χ2v) is 11.3. The summed E-state index contributed by atoms with van der Waals surface area (Å²) in [6, 6.07) is 7.49. The molecular formula is C28H32BrClN6O2. The van der Waals surface area contributed by atoms with Gasteiger partial charge in [0.05, 0.1) is 23.8 Å². The minimum absolute atomic E-state index is 0.00876. The molecule has 1 saturated heterocycles. The molecule has 38 heavy (non-hydrogen) atoms. The molecule has 2 atom stereocenters. The molecule has 1 unspecified atom stereocenters. The summed E-state index contributed by atoms with van der Waals surface area (Å²) in [5.74, 6) is -0.146. The lowest BCUT2D eigenvalue weighted by Crippen LogP contribution is -2.61. The summed E-state index contributed by atoms with van der Waals surface area (Å²) in [6.45, 7) is 6.41. The summed E-state index contributed by atoms with van der Waals surface area (Å²) >= 11 is 9.97. The van der Waals surface area contributed by atoms with Gasteiger partial charge in [-0.05, 0) is 70.6 Å². The number of carbonyl (C=O) groups is 2. The molecule has 1 aromatic carbocycles. The number of piperazine rings is 1. The number of amides is 2. The van der Waals surface area contributed by atoms with Gasteiger partial charge in [0.25, 0.3) is 0 Å². The van der Waals surface area contributed by atoms with Crippen molar-refractivity contribution in [3.63, 3.8) is 0 Å².